The van der Waals surface area contributed by atoms with Crippen molar-refractivity contribution in [3.63, 3.8) is 0 Å². The molecule has 208 valence electrons. The predicted octanol–water partition coefficient (Wildman–Crippen LogP) is 5.49. The molecule has 0 aliphatic heterocycles. The number of nitrogens with zero attached hydrogens (tertiary/aromatic N) is 2. The number of unbranched alkanes of at least 4 members (excludes halogenated alkanes) is 4. The molecule has 0 spiro atoms. The maximum absolute atomic E-state index is 6.23. The molecule has 0 aliphatic rings. The first-order chi connectivity index (χ1) is 16.9. The van der Waals surface area contributed by atoms with Crippen LogP contribution in [0.1, 0.15) is 93.4 Å². The number of hydrogen-bond donors (Lipinski definition) is 0. The largest absolute Gasteiger partial charge is 0.394 e. The van der Waals surface area contributed by atoms with Gasteiger partial charge in [0.2, 0.25) is 0 Å². The fourth-order valence-corrected chi connectivity index (χ4v) is 9.63. The van der Waals surface area contributed by atoms with Crippen LogP contribution < -0.4 is 0 Å². The zero-order chi connectivity index (χ0) is 26.4. The summed E-state index contributed by atoms with van der Waals surface area (Å²) >= 11 is 0. The molecule has 1 atom stereocenters. The van der Waals surface area contributed by atoms with Gasteiger partial charge in [-0.25, -0.2) is 0 Å². The molecule has 35 heavy (non-hydrogen) atoms. The van der Waals surface area contributed by atoms with E-state index in [4.69, 9.17) is 17.7 Å². The van der Waals surface area contributed by atoms with E-state index in [0.29, 0.717) is 0 Å². The highest BCUT2D eigenvalue weighted by atomic mass is 28.3. The predicted molar refractivity (Wildman–Crippen MR) is 155 cm³/mol. The molecule has 0 rings (SSSR count). The second kappa shape index (κ2) is 23.5. The Balaban J connectivity index is 4.62. The Hall–Kier alpha value is 0.411. The van der Waals surface area contributed by atoms with E-state index in [9.17, 15) is 0 Å². The Morgan fingerprint density at radius 3 is 1.77 bits per heavy atom. The third-order valence-electron chi connectivity index (χ3n) is 6.32. The van der Waals surface area contributed by atoms with Crippen LogP contribution in [0, 0.1) is 0 Å². The molecule has 0 amide bonds. The molecule has 0 bridgehead atoms. The molecule has 0 aromatic rings. The summed E-state index contributed by atoms with van der Waals surface area (Å²) in [7, 11) is 0.686. The van der Waals surface area contributed by atoms with E-state index < -0.39 is 18.6 Å². The van der Waals surface area contributed by atoms with Crippen molar-refractivity contribution >= 4 is 28.1 Å². The lowest BCUT2D eigenvalue weighted by Crippen LogP contribution is -2.44. The SMILES string of the molecule is CCO[Si](CCCN(C)C[Si]C(C)(CCCCCCCN(CC)CC)[Si](OCC)OCC)OCC. The van der Waals surface area contributed by atoms with Gasteiger partial charge in [-0.05, 0) is 92.4 Å². The van der Waals surface area contributed by atoms with Crippen molar-refractivity contribution < 1.29 is 17.7 Å². The minimum absolute atomic E-state index is 0.164. The van der Waals surface area contributed by atoms with E-state index in [1.54, 1.807) is 0 Å². The average Bonchev–Trinajstić information content (AvgIpc) is 2.84. The van der Waals surface area contributed by atoms with E-state index >= 15 is 0 Å². The zero-order valence-corrected chi connectivity index (χ0v) is 27.5. The minimum Gasteiger partial charge on any atom is -0.394 e. The topological polar surface area (TPSA) is 43.4 Å². The van der Waals surface area contributed by atoms with Crippen LogP contribution in [-0.2, 0) is 17.7 Å². The maximum Gasteiger partial charge on any atom is 0.387 e. The first-order valence-corrected chi connectivity index (χ1v) is 18.4. The maximum atomic E-state index is 6.23. The van der Waals surface area contributed by atoms with Gasteiger partial charge in [0.15, 0.2) is 0 Å². The van der Waals surface area contributed by atoms with Crippen molar-refractivity contribution in [1.29, 1.82) is 0 Å². The highest BCUT2D eigenvalue weighted by Gasteiger charge is 2.40. The Morgan fingerprint density at radius 2 is 1.23 bits per heavy atom. The standard InChI is InChI=1S/C26H58N2O4Si3/c1-9-28(10-2)23-19-17-15-16-18-21-26(7,35(31-13-5)32-14-6)33-25-27(8)22-20-24-34(29-11-3)30-12-4/h9-25H2,1-8H3. The van der Waals surface area contributed by atoms with Gasteiger partial charge in [-0.1, -0.05) is 46.5 Å². The van der Waals surface area contributed by atoms with Crippen LogP contribution in [0.5, 0.6) is 0 Å². The molecular weight excluding hydrogens is 489 g/mol. The van der Waals surface area contributed by atoms with Crippen LogP contribution >= 0.6 is 0 Å². The van der Waals surface area contributed by atoms with Crippen molar-refractivity contribution in [2.75, 3.05) is 65.8 Å². The molecule has 4 radical (unpaired) electrons. The summed E-state index contributed by atoms with van der Waals surface area (Å²) in [6.07, 6.45) is 10.1. The van der Waals surface area contributed by atoms with Crippen LogP contribution in [-0.4, -0.2) is 104 Å². The van der Waals surface area contributed by atoms with E-state index in [1.807, 2.05) is 0 Å². The van der Waals surface area contributed by atoms with Crippen molar-refractivity contribution in [2.45, 2.75) is 104 Å². The van der Waals surface area contributed by atoms with Crippen molar-refractivity contribution in [2.24, 2.45) is 0 Å². The lowest BCUT2D eigenvalue weighted by molar-refractivity contribution is 0.196. The average molecular weight is 547 g/mol. The third kappa shape index (κ3) is 17.5. The summed E-state index contributed by atoms with van der Waals surface area (Å²) < 4.78 is 24.2. The lowest BCUT2D eigenvalue weighted by atomic mass is 10.1. The van der Waals surface area contributed by atoms with Gasteiger partial charge < -0.3 is 27.5 Å². The van der Waals surface area contributed by atoms with Gasteiger partial charge in [0, 0.05) is 31.1 Å². The highest BCUT2D eigenvalue weighted by molar-refractivity contribution is 6.66. The normalized spacial score (nSPS) is 14.1. The smallest absolute Gasteiger partial charge is 0.387 e. The van der Waals surface area contributed by atoms with Gasteiger partial charge in [-0.3, -0.25) is 0 Å². The minimum atomic E-state index is -1.30. The van der Waals surface area contributed by atoms with Crippen LogP contribution in [0.2, 0.25) is 10.7 Å². The Bertz CT molecular complexity index is 452. The van der Waals surface area contributed by atoms with Crippen molar-refractivity contribution in [3.05, 3.63) is 0 Å². The Morgan fingerprint density at radius 1 is 0.686 bits per heavy atom. The van der Waals surface area contributed by atoms with E-state index in [-0.39, 0.29) is 4.66 Å². The van der Waals surface area contributed by atoms with Crippen LogP contribution in [0.25, 0.3) is 0 Å². The molecule has 9 heteroatoms. The van der Waals surface area contributed by atoms with Gasteiger partial charge in [0.25, 0.3) is 0 Å². The molecule has 0 saturated carbocycles. The molecule has 0 fully saturated rings. The summed E-state index contributed by atoms with van der Waals surface area (Å²) in [5.41, 5.74) is 0. The molecule has 0 saturated heterocycles. The van der Waals surface area contributed by atoms with Gasteiger partial charge in [0.1, 0.15) is 0 Å². The lowest BCUT2D eigenvalue weighted by Gasteiger charge is -2.35. The number of rotatable bonds is 26. The molecule has 6 nitrogen and oxygen atoms in total. The summed E-state index contributed by atoms with van der Waals surface area (Å²) in [5, 5.41) is 0. The van der Waals surface area contributed by atoms with Gasteiger partial charge in [-0.15, -0.1) is 0 Å². The van der Waals surface area contributed by atoms with E-state index in [2.05, 4.69) is 65.3 Å². The molecular formula is C26H58N2O4Si3. The van der Waals surface area contributed by atoms with Crippen molar-refractivity contribution in [1.82, 2.24) is 9.80 Å². The van der Waals surface area contributed by atoms with Crippen molar-refractivity contribution in [3.8, 4) is 0 Å². The summed E-state index contributed by atoms with van der Waals surface area (Å²) in [4.78, 5) is 5.02. The van der Waals surface area contributed by atoms with Gasteiger partial charge >= 0.3 is 18.6 Å². The highest BCUT2D eigenvalue weighted by Crippen LogP contribution is 2.36. The monoisotopic (exact) mass is 546 g/mol. The molecule has 0 aliphatic carbocycles. The first-order valence-electron chi connectivity index (χ1n) is 14.3. The zero-order valence-electron chi connectivity index (χ0n) is 24.5. The summed E-state index contributed by atoms with van der Waals surface area (Å²) in [6, 6.07) is 1.05. The van der Waals surface area contributed by atoms with Crippen LogP contribution in [0.15, 0.2) is 0 Å². The summed E-state index contributed by atoms with van der Waals surface area (Å²) in [5.74, 6) is 0. The Labute approximate surface area is 225 Å². The Kier molecular flexibility index (Phi) is 23.8. The van der Waals surface area contributed by atoms with E-state index in [0.717, 1.165) is 61.1 Å². The second-order valence-corrected chi connectivity index (χ2v) is 15.6. The van der Waals surface area contributed by atoms with Gasteiger partial charge in [-0.2, -0.15) is 0 Å². The van der Waals surface area contributed by atoms with Gasteiger partial charge in [0.05, 0.1) is 9.52 Å². The molecule has 0 aromatic carbocycles. The fourth-order valence-electron chi connectivity index (χ4n) is 4.16. The molecule has 0 aromatic heterocycles. The van der Waals surface area contributed by atoms with E-state index in [1.165, 1.54) is 58.2 Å². The molecule has 0 N–H and O–H groups in total. The van der Waals surface area contributed by atoms with Crippen LogP contribution in [0.3, 0.4) is 0 Å². The molecule has 1 unspecified atom stereocenters. The second-order valence-electron chi connectivity index (χ2n) is 9.29. The molecule has 0 heterocycles. The quantitative estimate of drug-likeness (QED) is 0.106. The summed E-state index contributed by atoms with van der Waals surface area (Å²) in [6.45, 7) is 22.9. The number of hydrogen-bond acceptors (Lipinski definition) is 6. The van der Waals surface area contributed by atoms with Crippen LogP contribution in [0.4, 0.5) is 0 Å². The fraction of sp³-hybridized carbons (Fsp3) is 1.00. The third-order valence-corrected chi connectivity index (χ3v) is 13.4. The first kappa shape index (κ1) is 35.4.